The van der Waals surface area contributed by atoms with Crippen molar-refractivity contribution in [3.05, 3.63) is 29.8 Å². The summed E-state index contributed by atoms with van der Waals surface area (Å²) in [5.41, 5.74) is 7.25. The largest absolute Gasteiger partial charge is 0.330 e. The fourth-order valence-corrected chi connectivity index (χ4v) is 2.68. The number of sulfone groups is 1. The highest BCUT2D eigenvalue weighted by atomic mass is 32.2. The van der Waals surface area contributed by atoms with E-state index in [1.807, 2.05) is 0 Å². The topological polar surface area (TPSA) is 78.0 Å². The van der Waals surface area contributed by atoms with Crippen molar-refractivity contribution in [2.45, 2.75) is 12.5 Å². The standard InChI is InChI=1S/C12H16FN3O2S/c1-16-11-4-3-8(13)7-10(11)15-12(16)9(14)5-6-19(2,17)18/h3-4,7,9H,5-6,14H2,1-2H3. The average Bonchev–Trinajstić information content (AvgIpc) is 2.62. The molecule has 1 aromatic heterocycles. The molecule has 19 heavy (non-hydrogen) atoms. The highest BCUT2D eigenvalue weighted by molar-refractivity contribution is 7.90. The van der Waals surface area contributed by atoms with Gasteiger partial charge in [0.1, 0.15) is 21.5 Å². The molecule has 5 nitrogen and oxygen atoms in total. The van der Waals surface area contributed by atoms with Gasteiger partial charge in [-0.25, -0.2) is 17.8 Å². The molecular formula is C12H16FN3O2S. The predicted octanol–water partition coefficient (Wildman–Crippen LogP) is 1.15. The van der Waals surface area contributed by atoms with Crippen LogP contribution >= 0.6 is 0 Å². The van der Waals surface area contributed by atoms with E-state index in [-0.39, 0.29) is 11.6 Å². The molecule has 7 heteroatoms. The van der Waals surface area contributed by atoms with Crippen molar-refractivity contribution in [3.8, 4) is 0 Å². The number of hydrogen-bond donors (Lipinski definition) is 1. The maximum absolute atomic E-state index is 13.1. The number of aromatic nitrogens is 2. The Hall–Kier alpha value is -1.47. The second-order valence-electron chi connectivity index (χ2n) is 4.69. The lowest BCUT2D eigenvalue weighted by Crippen LogP contribution is -2.19. The van der Waals surface area contributed by atoms with E-state index in [2.05, 4.69) is 4.98 Å². The minimum absolute atomic E-state index is 0.00569. The lowest BCUT2D eigenvalue weighted by atomic mass is 10.2. The summed E-state index contributed by atoms with van der Waals surface area (Å²) in [7, 11) is -1.27. The molecule has 0 spiro atoms. The van der Waals surface area contributed by atoms with E-state index in [1.165, 1.54) is 18.4 Å². The number of rotatable bonds is 4. The Morgan fingerprint density at radius 2 is 2.16 bits per heavy atom. The first-order chi connectivity index (χ1) is 8.78. The van der Waals surface area contributed by atoms with Gasteiger partial charge in [0.2, 0.25) is 0 Å². The summed E-state index contributed by atoms with van der Waals surface area (Å²) in [6.07, 6.45) is 1.46. The third kappa shape index (κ3) is 3.10. The fourth-order valence-electron chi connectivity index (χ4n) is 1.99. The Morgan fingerprint density at radius 3 is 2.79 bits per heavy atom. The molecule has 2 N–H and O–H groups in total. The number of halogens is 1. The molecule has 0 saturated heterocycles. The number of benzene rings is 1. The van der Waals surface area contributed by atoms with Crippen molar-refractivity contribution in [2.75, 3.05) is 12.0 Å². The highest BCUT2D eigenvalue weighted by Gasteiger charge is 2.17. The Kier molecular flexibility index (Phi) is 3.60. The summed E-state index contributed by atoms with van der Waals surface area (Å²) >= 11 is 0. The van der Waals surface area contributed by atoms with Gasteiger partial charge in [0, 0.05) is 19.4 Å². The maximum Gasteiger partial charge on any atom is 0.147 e. The van der Waals surface area contributed by atoms with E-state index in [0.717, 1.165) is 5.52 Å². The molecule has 0 aliphatic carbocycles. The molecule has 0 bridgehead atoms. The molecule has 0 amide bonds. The van der Waals surface area contributed by atoms with Crippen LogP contribution in [0.5, 0.6) is 0 Å². The van der Waals surface area contributed by atoms with Crippen LogP contribution in [0.3, 0.4) is 0 Å². The molecule has 1 atom stereocenters. The van der Waals surface area contributed by atoms with Crippen LogP contribution in [-0.4, -0.2) is 30.0 Å². The molecule has 2 rings (SSSR count). The summed E-state index contributed by atoms with van der Waals surface area (Å²) in [6, 6.07) is 3.83. The van der Waals surface area contributed by atoms with Crippen LogP contribution in [-0.2, 0) is 16.9 Å². The molecule has 0 saturated carbocycles. The molecule has 0 radical (unpaired) electrons. The van der Waals surface area contributed by atoms with Crippen LogP contribution in [0.1, 0.15) is 18.3 Å². The first-order valence-electron chi connectivity index (χ1n) is 5.83. The third-order valence-corrected chi connectivity index (χ3v) is 3.99. The van der Waals surface area contributed by atoms with Crippen molar-refractivity contribution in [1.82, 2.24) is 9.55 Å². The summed E-state index contributed by atoms with van der Waals surface area (Å²) in [5.74, 6) is 0.206. The molecule has 1 heterocycles. The zero-order chi connectivity index (χ0) is 14.2. The number of nitrogens with zero attached hydrogens (tertiary/aromatic N) is 2. The van der Waals surface area contributed by atoms with Gasteiger partial charge < -0.3 is 10.3 Å². The summed E-state index contributed by atoms with van der Waals surface area (Å²) < 4.78 is 37.2. The normalized spacial score (nSPS) is 13.9. The van der Waals surface area contributed by atoms with E-state index in [0.29, 0.717) is 17.8 Å². The smallest absolute Gasteiger partial charge is 0.147 e. The minimum Gasteiger partial charge on any atom is -0.330 e. The highest BCUT2D eigenvalue weighted by Crippen LogP contribution is 2.21. The van der Waals surface area contributed by atoms with E-state index >= 15 is 0 Å². The molecule has 0 fully saturated rings. The van der Waals surface area contributed by atoms with Gasteiger partial charge in [-0.3, -0.25) is 0 Å². The van der Waals surface area contributed by atoms with Gasteiger partial charge in [-0.1, -0.05) is 0 Å². The molecule has 2 aromatic rings. The van der Waals surface area contributed by atoms with Gasteiger partial charge in [-0.15, -0.1) is 0 Å². The van der Waals surface area contributed by atoms with Crippen LogP contribution in [0.4, 0.5) is 4.39 Å². The van der Waals surface area contributed by atoms with E-state index in [4.69, 9.17) is 5.73 Å². The number of nitrogens with two attached hydrogens (primary N) is 1. The summed E-state index contributed by atoms with van der Waals surface area (Å²) in [6.45, 7) is 0. The van der Waals surface area contributed by atoms with Crippen LogP contribution in [0.2, 0.25) is 0 Å². The van der Waals surface area contributed by atoms with Crippen molar-refractivity contribution < 1.29 is 12.8 Å². The van der Waals surface area contributed by atoms with Crippen LogP contribution in [0.15, 0.2) is 18.2 Å². The SMILES string of the molecule is Cn1c(C(N)CCS(C)(=O)=O)nc2cc(F)ccc21. The molecule has 0 aliphatic heterocycles. The second-order valence-corrected chi connectivity index (χ2v) is 6.95. The fraction of sp³-hybridized carbons (Fsp3) is 0.417. The van der Waals surface area contributed by atoms with E-state index in [1.54, 1.807) is 17.7 Å². The lowest BCUT2D eigenvalue weighted by Gasteiger charge is -2.10. The molecule has 0 aliphatic rings. The first kappa shape index (κ1) is 14.0. The van der Waals surface area contributed by atoms with E-state index < -0.39 is 15.9 Å². The van der Waals surface area contributed by atoms with Crippen molar-refractivity contribution >= 4 is 20.9 Å². The minimum atomic E-state index is -3.05. The quantitative estimate of drug-likeness (QED) is 0.914. The number of fused-ring (bicyclic) bond motifs is 1. The number of aryl methyl sites for hydroxylation is 1. The van der Waals surface area contributed by atoms with Gasteiger partial charge >= 0.3 is 0 Å². The zero-order valence-corrected chi connectivity index (χ0v) is 11.6. The van der Waals surface area contributed by atoms with Crippen molar-refractivity contribution in [1.29, 1.82) is 0 Å². The van der Waals surface area contributed by atoms with Gasteiger partial charge in [0.05, 0.1) is 22.8 Å². The zero-order valence-electron chi connectivity index (χ0n) is 10.8. The van der Waals surface area contributed by atoms with Gasteiger partial charge in [-0.2, -0.15) is 0 Å². The maximum atomic E-state index is 13.1. The Balaban J connectivity index is 2.32. The Labute approximate surface area is 111 Å². The molecule has 1 aromatic carbocycles. The van der Waals surface area contributed by atoms with Gasteiger partial charge in [0.25, 0.3) is 0 Å². The lowest BCUT2D eigenvalue weighted by molar-refractivity contribution is 0.581. The van der Waals surface area contributed by atoms with Crippen LogP contribution < -0.4 is 5.73 Å². The summed E-state index contributed by atoms with van der Waals surface area (Å²) in [5, 5.41) is 0. The average molecular weight is 285 g/mol. The molecule has 104 valence electrons. The molecule has 1 unspecified atom stereocenters. The summed E-state index contributed by atoms with van der Waals surface area (Å²) in [4.78, 5) is 4.28. The van der Waals surface area contributed by atoms with Crippen LogP contribution in [0, 0.1) is 5.82 Å². The van der Waals surface area contributed by atoms with E-state index in [9.17, 15) is 12.8 Å². The number of imidazole rings is 1. The number of hydrogen-bond acceptors (Lipinski definition) is 4. The van der Waals surface area contributed by atoms with Crippen molar-refractivity contribution in [3.63, 3.8) is 0 Å². The predicted molar refractivity (Wildman–Crippen MR) is 71.9 cm³/mol. The van der Waals surface area contributed by atoms with Crippen LogP contribution in [0.25, 0.3) is 11.0 Å². The third-order valence-electron chi connectivity index (χ3n) is 3.01. The Morgan fingerprint density at radius 1 is 1.47 bits per heavy atom. The first-order valence-corrected chi connectivity index (χ1v) is 7.89. The monoisotopic (exact) mass is 285 g/mol. The Bertz CT molecular complexity index is 709. The van der Waals surface area contributed by atoms with Crippen molar-refractivity contribution in [2.24, 2.45) is 12.8 Å². The molecular weight excluding hydrogens is 269 g/mol. The van der Waals surface area contributed by atoms with Gasteiger partial charge in [0.15, 0.2) is 0 Å². The van der Waals surface area contributed by atoms with Gasteiger partial charge in [-0.05, 0) is 18.6 Å². The second kappa shape index (κ2) is 4.90.